The minimum absolute atomic E-state index is 0.0158. The van der Waals surface area contributed by atoms with Crippen LogP contribution in [0.25, 0.3) is 27.5 Å². The Morgan fingerprint density at radius 2 is 2.30 bits per heavy atom. The van der Waals surface area contributed by atoms with Crippen LogP contribution in [0.15, 0.2) is 30.6 Å². The highest BCUT2D eigenvalue weighted by atomic mass is 19.1. The third-order valence-electron chi connectivity index (χ3n) is 4.34. The fourth-order valence-corrected chi connectivity index (χ4v) is 3.18. The van der Waals surface area contributed by atoms with Crippen LogP contribution in [-0.2, 0) is 4.79 Å². The third kappa shape index (κ3) is 2.77. The van der Waals surface area contributed by atoms with Crippen molar-refractivity contribution in [3.8, 4) is 16.9 Å². The van der Waals surface area contributed by atoms with Crippen molar-refractivity contribution < 1.29 is 19.0 Å². The summed E-state index contributed by atoms with van der Waals surface area (Å²) in [6, 6.07) is 5.38. The largest absolute Gasteiger partial charge is 0.486 e. The molecular formula is C18H16FN5O3. The Kier molecular flexibility index (Phi) is 4.21. The normalized spacial score (nSPS) is 11.2. The Labute approximate surface area is 152 Å². The van der Waals surface area contributed by atoms with Crippen LogP contribution in [0.5, 0.6) is 5.75 Å². The number of ether oxygens (including phenoxy) is 1. The van der Waals surface area contributed by atoms with Gasteiger partial charge in [-0.25, -0.2) is 8.91 Å². The molecule has 1 aromatic carbocycles. The number of hydrogen-bond donors (Lipinski definition) is 3. The molecule has 0 saturated heterocycles. The lowest BCUT2D eigenvalue weighted by molar-refractivity contribution is -0.105. The molecule has 0 bridgehead atoms. The van der Waals surface area contributed by atoms with Crippen LogP contribution in [0.3, 0.4) is 0 Å². The van der Waals surface area contributed by atoms with E-state index in [1.54, 1.807) is 29.9 Å². The molecule has 0 fully saturated rings. The van der Waals surface area contributed by atoms with Gasteiger partial charge in [0, 0.05) is 17.6 Å². The molecule has 9 heteroatoms. The monoisotopic (exact) mass is 369 g/mol. The second-order valence-electron chi connectivity index (χ2n) is 5.95. The second kappa shape index (κ2) is 6.69. The van der Waals surface area contributed by atoms with Crippen molar-refractivity contribution in [2.24, 2.45) is 0 Å². The van der Waals surface area contributed by atoms with Crippen molar-refractivity contribution in [2.45, 2.75) is 6.92 Å². The number of aliphatic hydroxyl groups excluding tert-OH is 1. The number of amides is 1. The number of halogens is 1. The molecule has 138 valence electrons. The van der Waals surface area contributed by atoms with E-state index in [9.17, 15) is 9.18 Å². The average Bonchev–Trinajstić information content (AvgIpc) is 3.28. The van der Waals surface area contributed by atoms with Gasteiger partial charge in [-0.3, -0.25) is 9.89 Å². The summed E-state index contributed by atoms with van der Waals surface area (Å²) in [5.74, 6) is -0.0427. The van der Waals surface area contributed by atoms with Gasteiger partial charge in [0.2, 0.25) is 6.41 Å². The molecule has 27 heavy (non-hydrogen) atoms. The second-order valence-corrected chi connectivity index (χ2v) is 5.95. The van der Waals surface area contributed by atoms with Crippen molar-refractivity contribution >= 4 is 28.6 Å². The molecule has 0 aliphatic heterocycles. The Hall–Kier alpha value is -3.46. The fourth-order valence-electron chi connectivity index (χ4n) is 3.18. The fraction of sp³-hybridized carbons (Fsp3) is 0.167. The molecule has 0 aliphatic carbocycles. The molecule has 1 amide bonds. The summed E-state index contributed by atoms with van der Waals surface area (Å²) < 4.78 is 22.0. The molecule has 0 atom stereocenters. The minimum atomic E-state index is -0.508. The molecule has 4 aromatic rings. The van der Waals surface area contributed by atoms with Crippen molar-refractivity contribution in [3.63, 3.8) is 0 Å². The molecule has 0 aliphatic rings. The first-order valence-electron chi connectivity index (χ1n) is 8.22. The maximum Gasteiger partial charge on any atom is 0.212 e. The van der Waals surface area contributed by atoms with Crippen molar-refractivity contribution in [3.05, 3.63) is 42.0 Å². The lowest BCUT2D eigenvalue weighted by Gasteiger charge is -2.14. The number of pyridine rings is 1. The number of nitrogens with zero attached hydrogens (tertiary/aromatic N) is 3. The number of fused-ring (bicyclic) bond motifs is 2. The van der Waals surface area contributed by atoms with E-state index < -0.39 is 5.82 Å². The summed E-state index contributed by atoms with van der Waals surface area (Å²) in [4.78, 5) is 10.6. The number of aromatic amines is 1. The smallest absolute Gasteiger partial charge is 0.212 e. The first kappa shape index (κ1) is 17.0. The number of aromatic nitrogens is 4. The average molecular weight is 369 g/mol. The van der Waals surface area contributed by atoms with E-state index in [-0.39, 0.29) is 19.0 Å². The van der Waals surface area contributed by atoms with E-state index in [4.69, 9.17) is 9.84 Å². The van der Waals surface area contributed by atoms with Gasteiger partial charge in [-0.1, -0.05) is 0 Å². The van der Waals surface area contributed by atoms with Gasteiger partial charge in [-0.2, -0.15) is 10.2 Å². The molecule has 3 N–H and O–H groups in total. The zero-order valence-electron chi connectivity index (χ0n) is 14.4. The zero-order chi connectivity index (χ0) is 19.0. The van der Waals surface area contributed by atoms with Gasteiger partial charge in [0.1, 0.15) is 12.1 Å². The summed E-state index contributed by atoms with van der Waals surface area (Å²) in [5.41, 5.74) is 3.04. The lowest BCUT2D eigenvalue weighted by atomic mass is 9.96. The van der Waals surface area contributed by atoms with Crippen LogP contribution in [0.2, 0.25) is 0 Å². The zero-order valence-corrected chi connectivity index (χ0v) is 14.4. The van der Waals surface area contributed by atoms with Gasteiger partial charge < -0.3 is 15.2 Å². The summed E-state index contributed by atoms with van der Waals surface area (Å²) >= 11 is 0. The Morgan fingerprint density at radius 3 is 3.07 bits per heavy atom. The van der Waals surface area contributed by atoms with Gasteiger partial charge in [0.15, 0.2) is 17.4 Å². The maximum absolute atomic E-state index is 15.0. The number of carbonyl (C=O) groups is 1. The molecule has 3 aromatic heterocycles. The number of nitrogens with one attached hydrogen (secondary N) is 2. The topological polar surface area (TPSA) is 105 Å². The van der Waals surface area contributed by atoms with Crippen molar-refractivity contribution in [1.82, 2.24) is 19.8 Å². The van der Waals surface area contributed by atoms with Gasteiger partial charge in [-0.05, 0) is 35.7 Å². The molecule has 3 heterocycles. The molecule has 0 spiro atoms. The molecule has 4 rings (SSSR count). The first-order valence-corrected chi connectivity index (χ1v) is 8.22. The molecular weight excluding hydrogens is 353 g/mol. The summed E-state index contributed by atoms with van der Waals surface area (Å²) in [5, 5.41) is 23.2. The highest BCUT2D eigenvalue weighted by Gasteiger charge is 2.21. The van der Waals surface area contributed by atoms with Crippen LogP contribution >= 0.6 is 0 Å². The van der Waals surface area contributed by atoms with Crippen LogP contribution in [0.1, 0.15) is 5.56 Å². The highest BCUT2D eigenvalue weighted by molar-refractivity contribution is 6.00. The van der Waals surface area contributed by atoms with Crippen LogP contribution in [0.4, 0.5) is 10.2 Å². The number of carbonyl (C=O) groups excluding carboxylic acids is 1. The molecule has 0 saturated carbocycles. The molecule has 0 unspecified atom stereocenters. The van der Waals surface area contributed by atoms with Crippen molar-refractivity contribution in [2.75, 3.05) is 18.5 Å². The number of anilines is 1. The summed E-state index contributed by atoms with van der Waals surface area (Å²) in [6.45, 7) is 1.44. The van der Waals surface area contributed by atoms with Gasteiger partial charge >= 0.3 is 0 Å². The maximum atomic E-state index is 15.0. The van der Waals surface area contributed by atoms with Gasteiger partial charge in [0.25, 0.3) is 0 Å². The molecule has 8 nitrogen and oxygen atoms in total. The van der Waals surface area contributed by atoms with Gasteiger partial charge in [-0.15, -0.1) is 0 Å². The minimum Gasteiger partial charge on any atom is -0.486 e. The van der Waals surface area contributed by atoms with Crippen LogP contribution < -0.4 is 10.1 Å². The third-order valence-corrected chi connectivity index (χ3v) is 4.34. The van der Waals surface area contributed by atoms with Crippen LogP contribution in [-0.4, -0.2) is 44.5 Å². The first-order chi connectivity index (χ1) is 13.1. The van der Waals surface area contributed by atoms with Crippen molar-refractivity contribution in [1.29, 1.82) is 0 Å². The number of rotatable bonds is 6. The number of H-pyrrole nitrogens is 1. The quantitative estimate of drug-likeness (QED) is 0.452. The van der Waals surface area contributed by atoms with E-state index in [0.29, 0.717) is 34.3 Å². The standard InChI is InChI=1S/C18H16FN5O3/c1-10-15(11-2-3-24-12(6-11)7-14(23-24)20-9-26)13-8-21-22-17(13)18(16(10)19)27-5-4-25/h2-3,6-9,25H,4-5H2,1H3,(H,21,22)(H,20,23,26). The van der Waals surface area contributed by atoms with E-state index >= 15 is 0 Å². The van der Waals surface area contributed by atoms with E-state index in [1.807, 2.05) is 12.1 Å². The summed E-state index contributed by atoms with van der Waals surface area (Å²) in [6.07, 6.45) is 3.91. The van der Waals surface area contributed by atoms with E-state index in [0.717, 1.165) is 11.1 Å². The number of aliphatic hydroxyl groups is 1. The predicted molar refractivity (Wildman–Crippen MR) is 97.2 cm³/mol. The Balaban J connectivity index is 1.91. The Morgan fingerprint density at radius 1 is 1.44 bits per heavy atom. The van der Waals surface area contributed by atoms with Crippen LogP contribution in [0, 0.1) is 12.7 Å². The van der Waals surface area contributed by atoms with Gasteiger partial charge in [0.05, 0.1) is 18.3 Å². The Bertz CT molecular complexity index is 1150. The highest BCUT2D eigenvalue weighted by Crippen LogP contribution is 2.39. The predicted octanol–water partition coefficient (Wildman–Crippen LogP) is 2.26. The lowest BCUT2D eigenvalue weighted by Crippen LogP contribution is -2.05. The number of hydrogen-bond acceptors (Lipinski definition) is 5. The number of benzene rings is 1. The summed E-state index contributed by atoms with van der Waals surface area (Å²) in [7, 11) is 0. The molecule has 0 radical (unpaired) electrons. The SMILES string of the molecule is Cc1c(F)c(OCCO)c2[nH]ncc2c1-c1ccn2nc(NC=O)cc2c1. The van der Waals surface area contributed by atoms with E-state index in [2.05, 4.69) is 20.6 Å². The van der Waals surface area contributed by atoms with E-state index in [1.165, 1.54) is 0 Å².